The molecule has 3 aromatic carbocycles. The van der Waals surface area contributed by atoms with E-state index in [9.17, 15) is 13.6 Å². The summed E-state index contributed by atoms with van der Waals surface area (Å²) in [7, 11) is 1.94. The van der Waals surface area contributed by atoms with Crippen LogP contribution in [-0.2, 0) is 26.2 Å². The van der Waals surface area contributed by atoms with Crippen molar-refractivity contribution in [2.75, 3.05) is 25.5 Å². The maximum absolute atomic E-state index is 13.2. The molecule has 0 unspecified atom stereocenters. The minimum Gasteiger partial charge on any atom is -0.516 e. The number of aromatic nitrogens is 6. The number of aryl methyl sites for hydroxylation is 2. The Labute approximate surface area is 330 Å². The number of nitrogens with zero attached hydrogens (tertiary/aromatic N) is 7. The van der Waals surface area contributed by atoms with Crippen LogP contribution in [0, 0.1) is 24.5 Å². The number of allylic oxidation sites excluding steroid dienone is 3. The Balaban J connectivity index is 0.000000203. The summed E-state index contributed by atoms with van der Waals surface area (Å²) in [5.74, 6) is 1.03. The van der Waals surface area contributed by atoms with E-state index in [2.05, 4.69) is 77.4 Å². The van der Waals surface area contributed by atoms with E-state index in [1.807, 2.05) is 25.6 Å². The Kier molecular flexibility index (Phi) is 15.1. The molecule has 3 aromatic heterocycles. The molecule has 1 aliphatic heterocycles. The summed E-state index contributed by atoms with van der Waals surface area (Å²) in [6.07, 6.45) is 14.8. The number of benzene rings is 3. The minimum absolute atomic E-state index is 0.281. The monoisotopic (exact) mass is 783 g/mol. The van der Waals surface area contributed by atoms with Gasteiger partial charge in [-0.1, -0.05) is 29.8 Å². The van der Waals surface area contributed by atoms with Gasteiger partial charge in [0.1, 0.15) is 23.4 Å². The van der Waals surface area contributed by atoms with Crippen LogP contribution in [0.5, 0.6) is 0 Å². The number of nitrogens with one attached hydrogen (secondary N) is 2. The van der Waals surface area contributed by atoms with Crippen molar-refractivity contribution in [2.24, 2.45) is 10.9 Å². The van der Waals surface area contributed by atoms with Crippen molar-refractivity contribution in [3.8, 4) is 0 Å². The second-order valence-electron chi connectivity index (χ2n) is 13.4. The second-order valence-corrected chi connectivity index (χ2v) is 13.9. The molecule has 0 radical (unpaired) electrons. The number of piperidine rings is 1. The Morgan fingerprint density at radius 3 is 2.59 bits per heavy atom. The lowest BCUT2D eigenvalue weighted by Gasteiger charge is -2.31. The zero-order valence-corrected chi connectivity index (χ0v) is 32.7. The van der Waals surface area contributed by atoms with Crippen LogP contribution in [0.25, 0.3) is 21.9 Å². The summed E-state index contributed by atoms with van der Waals surface area (Å²) in [5.41, 5.74) is 6.37. The second kappa shape index (κ2) is 20.3. The molecule has 0 saturated carbocycles. The molecule has 1 fully saturated rings. The Morgan fingerprint density at radius 1 is 1.09 bits per heavy atom. The van der Waals surface area contributed by atoms with Crippen LogP contribution in [0.2, 0.25) is 5.02 Å². The quantitative estimate of drug-likeness (QED) is 0.0489. The van der Waals surface area contributed by atoms with E-state index in [1.165, 1.54) is 36.2 Å². The van der Waals surface area contributed by atoms with Gasteiger partial charge in [-0.3, -0.25) is 19.8 Å². The van der Waals surface area contributed by atoms with E-state index >= 15 is 0 Å². The van der Waals surface area contributed by atoms with Gasteiger partial charge in [-0.25, -0.2) is 18.7 Å². The molecule has 0 spiro atoms. The highest BCUT2D eigenvalue weighted by Crippen LogP contribution is 2.26. The molecule has 1 saturated heterocycles. The van der Waals surface area contributed by atoms with Crippen molar-refractivity contribution in [3.05, 3.63) is 131 Å². The fourth-order valence-corrected chi connectivity index (χ4v) is 6.76. The molecule has 6 aromatic rings. The molecule has 0 aliphatic carbocycles. The lowest BCUT2D eigenvalue weighted by molar-refractivity contribution is 0.112. The van der Waals surface area contributed by atoms with Gasteiger partial charge < -0.3 is 19.6 Å². The first-order chi connectivity index (χ1) is 27.2. The van der Waals surface area contributed by atoms with Gasteiger partial charge in [0.25, 0.3) is 0 Å². The molecule has 11 nitrogen and oxygen atoms in total. The van der Waals surface area contributed by atoms with Gasteiger partial charge >= 0.3 is 0 Å². The van der Waals surface area contributed by atoms with Gasteiger partial charge in [-0.2, -0.15) is 5.10 Å². The largest absolute Gasteiger partial charge is 0.516 e. The SMILES string of the molecule is C=NCc1ccc(Cl)cc1F.CCn1cncc1Cn1c(CN2CCC(C/C=C\C=C\O)CC2)nc2cc(NC)ccc21.Cc1[nH]nc2c(F)cc(C=O)cc12. The lowest BCUT2D eigenvalue weighted by Crippen LogP contribution is -2.34. The average molecular weight is 784 g/mol. The number of aromatic amines is 1. The number of aliphatic hydroxyl groups is 1. The highest BCUT2D eigenvalue weighted by atomic mass is 35.5. The van der Waals surface area contributed by atoms with Crippen LogP contribution in [-0.4, -0.2) is 72.4 Å². The minimum atomic E-state index is -0.469. The highest BCUT2D eigenvalue weighted by molar-refractivity contribution is 6.30. The fraction of sp³-hybridized carbons (Fsp3) is 0.310. The summed E-state index contributed by atoms with van der Waals surface area (Å²) >= 11 is 5.53. The number of aldehydes is 1. The number of H-pyrrole nitrogens is 1. The topological polar surface area (TPSA) is 129 Å². The van der Waals surface area contributed by atoms with E-state index in [-0.39, 0.29) is 11.3 Å². The predicted octanol–water partition coefficient (Wildman–Crippen LogP) is 9.08. The Hall–Kier alpha value is -5.66. The third-order valence-electron chi connectivity index (χ3n) is 9.71. The normalized spacial score (nSPS) is 13.5. The van der Waals surface area contributed by atoms with Crippen molar-refractivity contribution in [1.29, 1.82) is 0 Å². The molecular weight excluding hydrogens is 736 g/mol. The van der Waals surface area contributed by atoms with Gasteiger partial charge in [0.05, 0.1) is 49.0 Å². The summed E-state index contributed by atoms with van der Waals surface area (Å²) in [6, 6.07) is 13.7. The number of fused-ring (bicyclic) bond motifs is 2. The van der Waals surface area contributed by atoms with E-state index in [4.69, 9.17) is 21.7 Å². The summed E-state index contributed by atoms with van der Waals surface area (Å²) in [6.45, 7) is 12.2. The highest BCUT2D eigenvalue weighted by Gasteiger charge is 2.21. The van der Waals surface area contributed by atoms with Crippen LogP contribution >= 0.6 is 11.6 Å². The Morgan fingerprint density at radius 2 is 1.89 bits per heavy atom. The van der Waals surface area contributed by atoms with E-state index < -0.39 is 5.82 Å². The number of carbonyl (C=O) groups excluding carboxylic acids is 1. The molecule has 294 valence electrons. The molecule has 0 bridgehead atoms. The van der Waals surface area contributed by atoms with Crippen molar-refractivity contribution < 1.29 is 18.7 Å². The smallest absolute Gasteiger partial charge is 0.152 e. The van der Waals surface area contributed by atoms with Gasteiger partial charge in [0.15, 0.2) is 5.82 Å². The van der Waals surface area contributed by atoms with Crippen LogP contribution in [0.15, 0.2) is 90.5 Å². The first-order valence-corrected chi connectivity index (χ1v) is 18.9. The zero-order valence-electron chi connectivity index (χ0n) is 31.9. The molecule has 1 aliphatic rings. The first kappa shape index (κ1) is 41.5. The molecule has 4 heterocycles. The van der Waals surface area contributed by atoms with Gasteiger partial charge in [0.2, 0.25) is 0 Å². The number of imidazole rings is 2. The van der Waals surface area contributed by atoms with Crippen LogP contribution in [0.4, 0.5) is 14.5 Å². The molecule has 3 N–H and O–H groups in total. The number of hydrogen-bond acceptors (Lipinski definition) is 8. The molecule has 14 heteroatoms. The van der Waals surface area contributed by atoms with Crippen molar-refractivity contribution >= 4 is 52.2 Å². The number of hydrogen-bond donors (Lipinski definition) is 3. The van der Waals surface area contributed by atoms with Crippen molar-refractivity contribution in [1.82, 2.24) is 34.2 Å². The number of halogens is 3. The van der Waals surface area contributed by atoms with Crippen LogP contribution in [0.1, 0.15) is 59.3 Å². The van der Waals surface area contributed by atoms with E-state index in [0.717, 1.165) is 68.1 Å². The maximum atomic E-state index is 13.2. The van der Waals surface area contributed by atoms with E-state index in [0.29, 0.717) is 40.3 Å². The first-order valence-electron chi connectivity index (χ1n) is 18.5. The van der Waals surface area contributed by atoms with Gasteiger partial charge in [-0.05, 0) is 107 Å². The maximum Gasteiger partial charge on any atom is 0.152 e. The molecule has 7 rings (SSSR count). The van der Waals surface area contributed by atoms with Crippen molar-refractivity contribution in [3.63, 3.8) is 0 Å². The summed E-state index contributed by atoms with van der Waals surface area (Å²) in [4.78, 5) is 25.9. The molecular formula is C42H48ClF2N9O2. The lowest BCUT2D eigenvalue weighted by atomic mass is 9.93. The van der Waals surface area contributed by atoms with Gasteiger partial charge in [-0.15, -0.1) is 0 Å². The fourth-order valence-electron chi connectivity index (χ4n) is 6.60. The Bertz CT molecular complexity index is 2290. The van der Waals surface area contributed by atoms with Gasteiger partial charge in [0, 0.05) is 52.7 Å². The number of likely N-dealkylation sites (tertiary alicyclic amines) is 1. The molecule has 56 heavy (non-hydrogen) atoms. The number of carbonyl (C=O) groups is 1. The number of aliphatic hydroxyl groups excluding tert-OH is 1. The third-order valence-corrected chi connectivity index (χ3v) is 9.94. The number of anilines is 1. The summed E-state index contributed by atoms with van der Waals surface area (Å²) < 4.78 is 30.6. The van der Waals surface area contributed by atoms with Crippen LogP contribution < -0.4 is 5.32 Å². The zero-order chi connectivity index (χ0) is 40.0. The third kappa shape index (κ3) is 10.8. The average Bonchev–Trinajstić information content (AvgIpc) is 3.92. The molecule has 0 amide bonds. The number of rotatable bonds is 12. The number of aliphatic imine (C=N–C) groups is 1. The van der Waals surface area contributed by atoms with Crippen LogP contribution in [0.3, 0.4) is 0 Å². The molecule has 0 atom stereocenters. The standard InChI is InChI=1S/C25H34N6O.C9H7FN2O.C8H7ClFN/c1-3-30-19-27-16-22(30)17-31-24-9-8-21(26-2)15-23(24)28-25(31)18-29-12-10-20(11-13-29)7-5-4-6-14-32;1-5-7-2-6(4-13)3-8(10)9(7)12-11-5;1-11-5-6-2-3-7(9)4-8(6)10/h4-6,8-9,14-16,19-20,26,32H,3,7,10-13,17-18H2,1-2H3;2-4H,1H3,(H,11,12);2-4H,1,5H2/b5-4-,14-6+;;. The summed E-state index contributed by atoms with van der Waals surface area (Å²) in [5, 5.41) is 19.5. The van der Waals surface area contributed by atoms with Crippen molar-refractivity contribution in [2.45, 2.75) is 59.3 Å². The van der Waals surface area contributed by atoms with E-state index in [1.54, 1.807) is 31.2 Å². The predicted molar refractivity (Wildman–Crippen MR) is 221 cm³/mol.